The third kappa shape index (κ3) is 3.76. The number of anilines is 1. The Bertz CT molecular complexity index is 704. The summed E-state index contributed by atoms with van der Waals surface area (Å²) in [6.07, 6.45) is 1.93. The fourth-order valence-electron chi connectivity index (χ4n) is 2.58. The predicted molar refractivity (Wildman–Crippen MR) is 90.7 cm³/mol. The summed E-state index contributed by atoms with van der Waals surface area (Å²) in [5.41, 5.74) is 1.62. The van der Waals surface area contributed by atoms with E-state index in [1.807, 2.05) is 42.5 Å². The zero-order valence-electron chi connectivity index (χ0n) is 12.4. The number of carbonyl (C=O) groups is 2. The maximum Gasteiger partial charge on any atom is 0.227 e. The molecule has 2 heterocycles. The summed E-state index contributed by atoms with van der Waals surface area (Å²) in [5, 5.41) is 2.85. The molecule has 0 radical (unpaired) electrons. The number of amides is 2. The fourth-order valence-corrected chi connectivity index (χ4v) is 2.84. The van der Waals surface area contributed by atoms with Crippen molar-refractivity contribution in [3.63, 3.8) is 0 Å². The van der Waals surface area contributed by atoms with Gasteiger partial charge in [0, 0.05) is 29.3 Å². The topological polar surface area (TPSA) is 62.3 Å². The minimum absolute atomic E-state index is 0.0229. The van der Waals surface area contributed by atoms with E-state index in [9.17, 15) is 9.59 Å². The quantitative estimate of drug-likeness (QED) is 0.895. The smallest absolute Gasteiger partial charge is 0.227 e. The third-order valence-electron chi connectivity index (χ3n) is 3.80. The Balaban J connectivity index is 1.60. The first kappa shape index (κ1) is 15.7. The van der Waals surface area contributed by atoms with E-state index in [2.05, 4.69) is 26.2 Å². The summed E-state index contributed by atoms with van der Waals surface area (Å²) >= 11 is 3.37. The minimum atomic E-state index is -0.324. The van der Waals surface area contributed by atoms with Gasteiger partial charge in [-0.15, -0.1) is 0 Å². The van der Waals surface area contributed by atoms with E-state index in [1.165, 1.54) is 0 Å². The molecule has 118 valence electrons. The Kier molecular flexibility index (Phi) is 4.71. The SMILES string of the molecule is O=C(NCc1ccccn1)[C@@H]1CC(=O)N(c2ccc(Br)cc2)C1. The number of halogens is 1. The van der Waals surface area contributed by atoms with Crippen molar-refractivity contribution in [1.82, 2.24) is 10.3 Å². The number of nitrogens with one attached hydrogen (secondary N) is 1. The van der Waals surface area contributed by atoms with Gasteiger partial charge in [0.05, 0.1) is 18.2 Å². The molecule has 1 fully saturated rings. The van der Waals surface area contributed by atoms with Gasteiger partial charge < -0.3 is 10.2 Å². The number of hydrogen-bond donors (Lipinski definition) is 1. The first-order chi connectivity index (χ1) is 11.1. The second-order valence-corrected chi connectivity index (χ2v) is 6.34. The number of aromatic nitrogens is 1. The zero-order valence-corrected chi connectivity index (χ0v) is 14.0. The number of rotatable bonds is 4. The van der Waals surface area contributed by atoms with Crippen LogP contribution in [0.15, 0.2) is 53.1 Å². The van der Waals surface area contributed by atoms with Crippen molar-refractivity contribution in [2.24, 2.45) is 5.92 Å². The maximum absolute atomic E-state index is 12.3. The molecule has 0 bridgehead atoms. The molecular weight excluding hydrogens is 358 g/mol. The Hall–Kier alpha value is -2.21. The molecular formula is C17H16BrN3O2. The number of pyridine rings is 1. The van der Waals surface area contributed by atoms with E-state index in [4.69, 9.17) is 0 Å². The highest BCUT2D eigenvalue weighted by Gasteiger charge is 2.34. The number of benzene rings is 1. The first-order valence-corrected chi connectivity index (χ1v) is 8.16. The molecule has 5 nitrogen and oxygen atoms in total. The lowest BCUT2D eigenvalue weighted by Crippen LogP contribution is -2.32. The van der Waals surface area contributed by atoms with Crippen LogP contribution in [0, 0.1) is 5.92 Å². The monoisotopic (exact) mass is 373 g/mol. The summed E-state index contributed by atoms with van der Waals surface area (Å²) in [6.45, 7) is 0.789. The number of nitrogens with zero attached hydrogens (tertiary/aromatic N) is 2. The molecule has 0 saturated carbocycles. The van der Waals surface area contributed by atoms with E-state index in [-0.39, 0.29) is 24.2 Å². The molecule has 3 rings (SSSR count). The lowest BCUT2D eigenvalue weighted by Gasteiger charge is -2.16. The molecule has 2 amide bonds. The highest BCUT2D eigenvalue weighted by Crippen LogP contribution is 2.26. The zero-order chi connectivity index (χ0) is 16.2. The molecule has 1 aliphatic heterocycles. The predicted octanol–water partition coefficient (Wildman–Crippen LogP) is 2.51. The fraction of sp³-hybridized carbons (Fsp3) is 0.235. The van der Waals surface area contributed by atoms with Crippen LogP contribution >= 0.6 is 15.9 Å². The van der Waals surface area contributed by atoms with Crippen molar-refractivity contribution in [1.29, 1.82) is 0 Å². The molecule has 1 aliphatic rings. The molecule has 1 aromatic carbocycles. The molecule has 2 aromatic rings. The second-order valence-electron chi connectivity index (χ2n) is 5.42. The van der Waals surface area contributed by atoms with Crippen LogP contribution in [0.4, 0.5) is 5.69 Å². The van der Waals surface area contributed by atoms with Crippen LogP contribution in [0.25, 0.3) is 0 Å². The van der Waals surface area contributed by atoms with Crippen LogP contribution in [0.5, 0.6) is 0 Å². The van der Waals surface area contributed by atoms with E-state index in [1.54, 1.807) is 11.1 Å². The van der Waals surface area contributed by atoms with Gasteiger partial charge in [0.25, 0.3) is 0 Å². The Morgan fingerprint density at radius 1 is 1.26 bits per heavy atom. The van der Waals surface area contributed by atoms with Crippen molar-refractivity contribution in [3.05, 3.63) is 58.8 Å². The van der Waals surface area contributed by atoms with E-state index >= 15 is 0 Å². The van der Waals surface area contributed by atoms with Gasteiger partial charge >= 0.3 is 0 Å². The first-order valence-electron chi connectivity index (χ1n) is 7.37. The van der Waals surface area contributed by atoms with Crippen LogP contribution in [-0.2, 0) is 16.1 Å². The average molecular weight is 374 g/mol. The molecule has 1 aromatic heterocycles. The van der Waals surface area contributed by atoms with Crippen LogP contribution in [0.3, 0.4) is 0 Å². The lowest BCUT2D eigenvalue weighted by molar-refractivity contribution is -0.126. The summed E-state index contributed by atoms with van der Waals surface area (Å²) in [6, 6.07) is 13.1. The molecule has 0 unspecified atom stereocenters. The van der Waals surface area contributed by atoms with Gasteiger partial charge in [0.1, 0.15) is 0 Å². The minimum Gasteiger partial charge on any atom is -0.350 e. The molecule has 0 spiro atoms. The standard InChI is InChI=1S/C17H16BrN3O2/c18-13-4-6-15(7-5-13)21-11-12(9-16(21)22)17(23)20-10-14-3-1-2-8-19-14/h1-8,12H,9-11H2,(H,20,23)/t12-/m1/s1. The van der Waals surface area contributed by atoms with E-state index in [0.717, 1.165) is 15.9 Å². The summed E-state index contributed by atoms with van der Waals surface area (Å²) < 4.78 is 0.956. The third-order valence-corrected chi connectivity index (χ3v) is 4.33. The van der Waals surface area contributed by atoms with Crippen molar-refractivity contribution in [2.75, 3.05) is 11.4 Å². The second kappa shape index (κ2) is 6.91. The van der Waals surface area contributed by atoms with Crippen LogP contribution in [0.2, 0.25) is 0 Å². The van der Waals surface area contributed by atoms with Crippen LogP contribution in [-0.4, -0.2) is 23.3 Å². The van der Waals surface area contributed by atoms with Crippen molar-refractivity contribution >= 4 is 33.4 Å². The van der Waals surface area contributed by atoms with Gasteiger partial charge in [-0.05, 0) is 36.4 Å². The van der Waals surface area contributed by atoms with Gasteiger partial charge in [-0.2, -0.15) is 0 Å². The Morgan fingerprint density at radius 2 is 2.04 bits per heavy atom. The highest BCUT2D eigenvalue weighted by molar-refractivity contribution is 9.10. The van der Waals surface area contributed by atoms with E-state index in [0.29, 0.717) is 13.1 Å². The van der Waals surface area contributed by atoms with Crippen molar-refractivity contribution in [2.45, 2.75) is 13.0 Å². The van der Waals surface area contributed by atoms with Gasteiger partial charge in [-0.25, -0.2) is 0 Å². The van der Waals surface area contributed by atoms with Gasteiger partial charge in [-0.1, -0.05) is 22.0 Å². The molecule has 6 heteroatoms. The van der Waals surface area contributed by atoms with Gasteiger partial charge in [0.2, 0.25) is 11.8 Å². The number of carbonyl (C=O) groups excluding carboxylic acids is 2. The molecule has 23 heavy (non-hydrogen) atoms. The molecule has 1 saturated heterocycles. The number of hydrogen-bond acceptors (Lipinski definition) is 3. The Labute approximate surface area is 142 Å². The lowest BCUT2D eigenvalue weighted by atomic mass is 10.1. The summed E-state index contributed by atoms with van der Waals surface area (Å²) in [7, 11) is 0. The summed E-state index contributed by atoms with van der Waals surface area (Å²) in [5.74, 6) is -0.455. The molecule has 0 aliphatic carbocycles. The van der Waals surface area contributed by atoms with E-state index < -0.39 is 0 Å². The van der Waals surface area contributed by atoms with Gasteiger partial charge in [-0.3, -0.25) is 14.6 Å². The molecule has 1 atom stereocenters. The van der Waals surface area contributed by atoms with Crippen LogP contribution in [0.1, 0.15) is 12.1 Å². The Morgan fingerprint density at radius 3 is 2.74 bits per heavy atom. The average Bonchev–Trinajstić information content (AvgIpc) is 2.96. The summed E-state index contributed by atoms with van der Waals surface area (Å²) in [4.78, 5) is 30.3. The van der Waals surface area contributed by atoms with Crippen molar-refractivity contribution in [3.8, 4) is 0 Å². The van der Waals surface area contributed by atoms with Crippen molar-refractivity contribution < 1.29 is 9.59 Å². The van der Waals surface area contributed by atoms with Crippen LogP contribution < -0.4 is 10.2 Å². The van der Waals surface area contributed by atoms with Gasteiger partial charge in [0.15, 0.2) is 0 Å². The highest BCUT2D eigenvalue weighted by atomic mass is 79.9. The normalized spacial score (nSPS) is 17.3. The largest absolute Gasteiger partial charge is 0.350 e. The maximum atomic E-state index is 12.3. The molecule has 1 N–H and O–H groups in total.